The summed E-state index contributed by atoms with van der Waals surface area (Å²) >= 11 is 5.96. The Hall–Kier alpha value is -1.26. The van der Waals surface area contributed by atoms with Gasteiger partial charge in [0.1, 0.15) is 0 Å². The Kier molecular flexibility index (Phi) is 4.37. The number of hydrogen-bond acceptors (Lipinski definition) is 3. The van der Waals surface area contributed by atoms with Crippen LogP contribution < -0.4 is 11.1 Å². The van der Waals surface area contributed by atoms with Gasteiger partial charge in [-0.25, -0.2) is 0 Å². The standard InChI is InChI=1S/C12H17ClN2O2/c1-12(2,7-17-3)15-11(16)10-8(13)5-4-6-9(10)14/h4-6H,7,14H2,1-3H3,(H,15,16). The summed E-state index contributed by atoms with van der Waals surface area (Å²) in [4.78, 5) is 12.0. The summed E-state index contributed by atoms with van der Waals surface area (Å²) in [5, 5.41) is 3.17. The molecule has 0 unspecified atom stereocenters. The molecule has 0 bridgehead atoms. The van der Waals surface area contributed by atoms with Gasteiger partial charge in [0, 0.05) is 12.8 Å². The summed E-state index contributed by atoms with van der Waals surface area (Å²) in [5.41, 5.74) is 5.93. The second-order valence-electron chi connectivity index (χ2n) is 4.48. The number of carbonyl (C=O) groups is 1. The van der Waals surface area contributed by atoms with Crippen molar-refractivity contribution in [1.29, 1.82) is 0 Å². The van der Waals surface area contributed by atoms with Crippen LogP contribution in [0, 0.1) is 0 Å². The van der Waals surface area contributed by atoms with E-state index >= 15 is 0 Å². The molecule has 0 aliphatic rings. The number of methoxy groups -OCH3 is 1. The van der Waals surface area contributed by atoms with Crippen LogP contribution in [-0.2, 0) is 4.74 Å². The molecule has 0 fully saturated rings. The number of nitrogens with one attached hydrogen (secondary N) is 1. The minimum absolute atomic E-state index is 0.296. The van der Waals surface area contributed by atoms with Gasteiger partial charge in [-0.05, 0) is 26.0 Å². The van der Waals surface area contributed by atoms with Gasteiger partial charge < -0.3 is 15.8 Å². The van der Waals surface area contributed by atoms with Gasteiger partial charge in [0.15, 0.2) is 0 Å². The summed E-state index contributed by atoms with van der Waals surface area (Å²) in [6.45, 7) is 4.13. The molecule has 1 aromatic carbocycles. The molecule has 0 saturated heterocycles. The molecule has 1 rings (SSSR count). The zero-order chi connectivity index (χ0) is 13.1. The Balaban J connectivity index is 2.91. The van der Waals surface area contributed by atoms with E-state index in [-0.39, 0.29) is 5.91 Å². The van der Waals surface area contributed by atoms with Crippen molar-refractivity contribution < 1.29 is 9.53 Å². The van der Waals surface area contributed by atoms with Crippen LogP contribution in [0.3, 0.4) is 0 Å². The minimum Gasteiger partial charge on any atom is -0.398 e. The predicted octanol–water partition coefficient (Wildman–Crippen LogP) is 2.08. The molecular weight excluding hydrogens is 240 g/mol. The molecule has 0 aromatic heterocycles. The Morgan fingerprint density at radius 1 is 1.53 bits per heavy atom. The molecule has 3 N–H and O–H groups in total. The number of nitrogens with two attached hydrogens (primary N) is 1. The van der Waals surface area contributed by atoms with Crippen molar-refractivity contribution in [2.45, 2.75) is 19.4 Å². The molecule has 17 heavy (non-hydrogen) atoms. The molecule has 0 aliphatic heterocycles. The van der Waals surface area contributed by atoms with E-state index in [1.807, 2.05) is 13.8 Å². The van der Waals surface area contributed by atoms with Crippen LogP contribution in [0.25, 0.3) is 0 Å². The first kappa shape index (κ1) is 13.8. The van der Waals surface area contributed by atoms with Gasteiger partial charge >= 0.3 is 0 Å². The lowest BCUT2D eigenvalue weighted by Crippen LogP contribution is -2.47. The number of carbonyl (C=O) groups excluding carboxylic acids is 1. The molecular formula is C12H17ClN2O2. The fraction of sp³-hybridized carbons (Fsp3) is 0.417. The van der Waals surface area contributed by atoms with Crippen molar-refractivity contribution >= 4 is 23.2 Å². The fourth-order valence-electron chi connectivity index (χ4n) is 1.55. The van der Waals surface area contributed by atoms with Crippen LogP contribution in [0.15, 0.2) is 18.2 Å². The summed E-state index contributed by atoms with van der Waals surface area (Å²) in [5.74, 6) is -0.296. The van der Waals surface area contributed by atoms with Crippen molar-refractivity contribution in [3.63, 3.8) is 0 Å². The number of amides is 1. The van der Waals surface area contributed by atoms with Crippen molar-refractivity contribution in [1.82, 2.24) is 5.32 Å². The molecule has 0 saturated carbocycles. The summed E-state index contributed by atoms with van der Waals surface area (Å²) in [6.07, 6.45) is 0. The quantitative estimate of drug-likeness (QED) is 0.811. The maximum atomic E-state index is 12.0. The van der Waals surface area contributed by atoms with Crippen LogP contribution in [0.1, 0.15) is 24.2 Å². The first-order valence-electron chi connectivity index (χ1n) is 5.23. The number of benzene rings is 1. The number of nitrogen functional groups attached to an aromatic ring is 1. The maximum Gasteiger partial charge on any atom is 0.255 e. The molecule has 94 valence electrons. The zero-order valence-corrected chi connectivity index (χ0v) is 11.0. The summed E-state index contributed by atoms with van der Waals surface area (Å²) in [7, 11) is 1.58. The lowest BCUT2D eigenvalue weighted by molar-refractivity contribution is 0.0821. The van der Waals surface area contributed by atoms with Crippen molar-refractivity contribution in [3.8, 4) is 0 Å². The van der Waals surface area contributed by atoms with Crippen molar-refractivity contribution in [3.05, 3.63) is 28.8 Å². The van der Waals surface area contributed by atoms with E-state index in [9.17, 15) is 4.79 Å². The Bertz CT molecular complexity index is 399. The van der Waals surface area contributed by atoms with Crippen LogP contribution in [0.2, 0.25) is 5.02 Å². The smallest absolute Gasteiger partial charge is 0.255 e. The van der Waals surface area contributed by atoms with Crippen LogP contribution in [0.4, 0.5) is 5.69 Å². The molecule has 4 nitrogen and oxygen atoms in total. The van der Waals surface area contributed by atoms with Crippen LogP contribution in [0.5, 0.6) is 0 Å². The molecule has 0 spiro atoms. The van der Waals surface area contributed by atoms with Crippen LogP contribution >= 0.6 is 11.6 Å². The second-order valence-corrected chi connectivity index (χ2v) is 4.88. The first-order valence-corrected chi connectivity index (χ1v) is 5.60. The SMILES string of the molecule is COCC(C)(C)NC(=O)c1c(N)cccc1Cl. The predicted molar refractivity (Wildman–Crippen MR) is 69.3 cm³/mol. The average Bonchev–Trinajstić information content (AvgIpc) is 2.15. The van der Waals surface area contributed by atoms with Gasteiger partial charge in [0.05, 0.1) is 22.7 Å². The van der Waals surface area contributed by atoms with Gasteiger partial charge in [0.2, 0.25) is 0 Å². The topological polar surface area (TPSA) is 64.3 Å². The van der Waals surface area contributed by atoms with Crippen molar-refractivity contribution in [2.24, 2.45) is 0 Å². The van der Waals surface area contributed by atoms with Gasteiger partial charge in [-0.1, -0.05) is 17.7 Å². The molecule has 0 atom stereocenters. The Morgan fingerprint density at radius 2 is 2.18 bits per heavy atom. The summed E-state index contributed by atoms with van der Waals surface area (Å²) < 4.78 is 5.02. The number of hydrogen-bond donors (Lipinski definition) is 2. The number of anilines is 1. The Labute approximate surface area is 106 Å². The third-order valence-electron chi connectivity index (χ3n) is 2.23. The highest BCUT2D eigenvalue weighted by Crippen LogP contribution is 2.22. The third-order valence-corrected chi connectivity index (χ3v) is 2.54. The molecule has 1 aromatic rings. The van der Waals surface area contributed by atoms with Gasteiger partial charge in [-0.15, -0.1) is 0 Å². The van der Waals surface area contributed by atoms with E-state index in [0.29, 0.717) is 22.9 Å². The normalized spacial score (nSPS) is 11.3. The second kappa shape index (κ2) is 5.38. The minimum atomic E-state index is -0.475. The monoisotopic (exact) mass is 256 g/mol. The first-order chi connectivity index (χ1) is 7.87. The van der Waals surface area contributed by atoms with E-state index in [2.05, 4.69) is 5.32 Å². The molecule has 0 aliphatic carbocycles. The zero-order valence-electron chi connectivity index (χ0n) is 10.2. The fourth-order valence-corrected chi connectivity index (χ4v) is 1.81. The van der Waals surface area contributed by atoms with Crippen molar-refractivity contribution in [2.75, 3.05) is 19.5 Å². The van der Waals surface area contributed by atoms with E-state index < -0.39 is 5.54 Å². The molecule has 0 radical (unpaired) electrons. The number of halogens is 1. The number of ether oxygens (including phenoxy) is 1. The van der Waals surface area contributed by atoms with Gasteiger partial charge in [-0.2, -0.15) is 0 Å². The largest absolute Gasteiger partial charge is 0.398 e. The molecule has 5 heteroatoms. The average molecular weight is 257 g/mol. The molecule has 0 heterocycles. The lowest BCUT2D eigenvalue weighted by Gasteiger charge is -2.25. The van der Waals surface area contributed by atoms with Gasteiger partial charge in [0.25, 0.3) is 5.91 Å². The van der Waals surface area contributed by atoms with E-state index in [1.54, 1.807) is 25.3 Å². The van der Waals surface area contributed by atoms with E-state index in [0.717, 1.165) is 0 Å². The Morgan fingerprint density at radius 3 is 2.71 bits per heavy atom. The van der Waals surface area contributed by atoms with E-state index in [1.165, 1.54) is 0 Å². The number of rotatable bonds is 4. The van der Waals surface area contributed by atoms with E-state index in [4.69, 9.17) is 22.1 Å². The highest BCUT2D eigenvalue weighted by molar-refractivity contribution is 6.34. The lowest BCUT2D eigenvalue weighted by atomic mass is 10.1. The molecule has 1 amide bonds. The maximum absolute atomic E-state index is 12.0. The van der Waals surface area contributed by atoms with Crippen LogP contribution in [-0.4, -0.2) is 25.2 Å². The van der Waals surface area contributed by atoms with Gasteiger partial charge in [-0.3, -0.25) is 4.79 Å². The highest BCUT2D eigenvalue weighted by atomic mass is 35.5. The highest BCUT2D eigenvalue weighted by Gasteiger charge is 2.23. The third kappa shape index (κ3) is 3.61. The summed E-state index contributed by atoms with van der Waals surface area (Å²) in [6, 6.07) is 4.98.